The molecule has 2 unspecified atom stereocenters. The van der Waals surface area contributed by atoms with Gasteiger partial charge in [-0.2, -0.15) is 0 Å². The smallest absolute Gasteiger partial charge is 0.226 e. The average Bonchev–Trinajstić information content (AvgIpc) is 3.41. The highest BCUT2D eigenvalue weighted by atomic mass is 79.9. The summed E-state index contributed by atoms with van der Waals surface area (Å²) in [5, 5.41) is 7.24. The molecule has 2 N–H and O–H groups in total. The fourth-order valence-corrected chi connectivity index (χ4v) is 6.06. The van der Waals surface area contributed by atoms with Crippen molar-refractivity contribution in [2.45, 2.75) is 46.7 Å². The zero-order valence-electron chi connectivity index (χ0n) is 22.7. The summed E-state index contributed by atoms with van der Waals surface area (Å²) in [4.78, 5) is 19.2. The van der Waals surface area contributed by atoms with E-state index in [0.29, 0.717) is 5.11 Å². The molecule has 2 aromatic heterocycles. The van der Waals surface area contributed by atoms with Gasteiger partial charge in [0.1, 0.15) is 0 Å². The summed E-state index contributed by atoms with van der Waals surface area (Å²) >= 11 is 9.69. The number of amides is 1. The number of pyridine rings is 1. The predicted molar refractivity (Wildman–Crippen MR) is 166 cm³/mol. The van der Waals surface area contributed by atoms with Crippen LogP contribution in [0.5, 0.6) is 0 Å². The van der Waals surface area contributed by atoms with E-state index in [4.69, 9.17) is 17.2 Å². The Hall–Kier alpha value is -3.49. The highest BCUT2D eigenvalue weighted by molar-refractivity contribution is 9.10. The van der Waals surface area contributed by atoms with E-state index in [1.54, 1.807) is 0 Å². The normalized spacial score (nSPS) is 17.0. The number of thiocarbonyl (C=S) groups is 1. The summed E-state index contributed by atoms with van der Waals surface area (Å²) in [6.45, 7) is 10.1. The lowest BCUT2D eigenvalue weighted by atomic mass is 9.96. The molecule has 1 fully saturated rings. The highest BCUT2D eigenvalue weighted by Gasteiger charge is 2.42. The first-order chi connectivity index (χ1) is 18.7. The fraction of sp³-hybridized carbons (Fsp3) is 0.258. The van der Waals surface area contributed by atoms with Crippen molar-refractivity contribution in [3.8, 4) is 5.69 Å². The Balaban J connectivity index is 1.63. The van der Waals surface area contributed by atoms with E-state index in [-0.39, 0.29) is 23.9 Å². The molecule has 0 radical (unpaired) electrons. The van der Waals surface area contributed by atoms with Gasteiger partial charge in [-0.15, -0.1) is 0 Å². The predicted octanol–water partition coefficient (Wildman–Crippen LogP) is 7.33. The van der Waals surface area contributed by atoms with E-state index in [9.17, 15) is 4.79 Å². The Morgan fingerprint density at radius 1 is 1.05 bits per heavy atom. The molecule has 5 rings (SSSR count). The van der Waals surface area contributed by atoms with E-state index in [1.165, 1.54) is 5.56 Å². The first-order valence-electron chi connectivity index (χ1n) is 13.0. The van der Waals surface area contributed by atoms with Crippen molar-refractivity contribution in [1.29, 1.82) is 0 Å². The van der Waals surface area contributed by atoms with Crippen molar-refractivity contribution in [2.24, 2.45) is 5.92 Å². The number of hydrogen-bond donors (Lipinski definition) is 2. The summed E-state index contributed by atoms with van der Waals surface area (Å²) in [5.41, 5.74) is 8.20. The molecule has 2 atom stereocenters. The molecule has 3 heterocycles. The molecule has 39 heavy (non-hydrogen) atoms. The van der Waals surface area contributed by atoms with E-state index >= 15 is 0 Å². The number of nitrogens with one attached hydrogen (secondary N) is 2. The van der Waals surface area contributed by atoms with E-state index < -0.39 is 0 Å². The molecular weight excluding hydrogens is 570 g/mol. The molecule has 0 spiro atoms. The third-order valence-corrected chi connectivity index (χ3v) is 8.24. The molecule has 0 saturated carbocycles. The molecule has 0 bridgehead atoms. The van der Waals surface area contributed by atoms with Gasteiger partial charge in [0.05, 0.1) is 23.5 Å². The Kier molecular flexibility index (Phi) is 7.60. The summed E-state index contributed by atoms with van der Waals surface area (Å²) in [7, 11) is 0. The van der Waals surface area contributed by atoms with Crippen molar-refractivity contribution in [3.63, 3.8) is 0 Å². The van der Waals surface area contributed by atoms with Crippen LogP contribution in [0.4, 0.5) is 11.4 Å². The number of anilines is 2. The van der Waals surface area contributed by atoms with Crippen LogP contribution in [0.15, 0.2) is 77.4 Å². The number of carbonyl (C=O) groups excluding carboxylic acids is 1. The van der Waals surface area contributed by atoms with Crippen LogP contribution in [0, 0.1) is 26.7 Å². The average molecular weight is 603 g/mol. The van der Waals surface area contributed by atoms with Gasteiger partial charge in [0.25, 0.3) is 0 Å². The largest absolute Gasteiger partial charge is 0.351 e. The Bertz CT molecular complexity index is 1550. The molecule has 1 aliphatic heterocycles. The van der Waals surface area contributed by atoms with Gasteiger partial charge >= 0.3 is 0 Å². The van der Waals surface area contributed by atoms with Gasteiger partial charge in [-0.05, 0) is 109 Å². The minimum absolute atomic E-state index is 0.00295. The van der Waals surface area contributed by atoms with Crippen molar-refractivity contribution in [3.05, 3.63) is 106 Å². The highest BCUT2D eigenvalue weighted by Crippen LogP contribution is 2.44. The molecule has 1 amide bonds. The van der Waals surface area contributed by atoms with Crippen molar-refractivity contribution >= 4 is 50.5 Å². The zero-order valence-corrected chi connectivity index (χ0v) is 25.1. The number of halogens is 1. The van der Waals surface area contributed by atoms with Crippen LogP contribution in [0.25, 0.3) is 5.69 Å². The number of para-hydroxylation sites is 1. The number of aromatic nitrogens is 2. The third kappa shape index (κ3) is 5.11. The lowest BCUT2D eigenvalue weighted by Crippen LogP contribution is -2.29. The van der Waals surface area contributed by atoms with Crippen molar-refractivity contribution in [2.75, 3.05) is 10.2 Å². The molecule has 2 aromatic carbocycles. The molecule has 8 heteroatoms. The second-order valence-electron chi connectivity index (χ2n) is 10.3. The van der Waals surface area contributed by atoms with Crippen LogP contribution in [0.2, 0.25) is 0 Å². The number of carbonyl (C=O) groups is 1. The van der Waals surface area contributed by atoms with Crippen LogP contribution in [0.3, 0.4) is 0 Å². The van der Waals surface area contributed by atoms with Crippen LogP contribution in [-0.2, 0) is 4.79 Å². The molecule has 0 aliphatic carbocycles. The second kappa shape index (κ2) is 10.9. The lowest BCUT2D eigenvalue weighted by Gasteiger charge is -2.29. The maximum absolute atomic E-state index is 12.3. The maximum atomic E-state index is 12.3. The van der Waals surface area contributed by atoms with Gasteiger partial charge < -0.3 is 20.1 Å². The summed E-state index contributed by atoms with van der Waals surface area (Å²) in [6.07, 6.45) is 1.82. The Morgan fingerprint density at radius 3 is 2.46 bits per heavy atom. The SMILES string of the molecule is Cc1cc(N2C(=S)NC(c3ccccn3)C2c2cc(C)n(-c3ccccc3Br)c2C)ccc1NC(=O)C(C)C. The number of nitrogens with zero attached hydrogens (tertiary/aromatic N) is 3. The third-order valence-electron chi connectivity index (χ3n) is 7.25. The Morgan fingerprint density at radius 2 is 1.79 bits per heavy atom. The first-order valence-corrected chi connectivity index (χ1v) is 14.2. The second-order valence-corrected chi connectivity index (χ2v) is 11.5. The molecular formula is C31H32BrN5OS. The minimum atomic E-state index is -0.146. The van der Waals surface area contributed by atoms with E-state index in [1.807, 2.05) is 63.4 Å². The Labute approximate surface area is 243 Å². The number of rotatable bonds is 6. The monoisotopic (exact) mass is 601 g/mol. The van der Waals surface area contributed by atoms with Gasteiger partial charge in [0.15, 0.2) is 5.11 Å². The quantitative estimate of drug-likeness (QED) is 0.226. The van der Waals surface area contributed by atoms with Crippen LogP contribution < -0.4 is 15.5 Å². The summed E-state index contributed by atoms with van der Waals surface area (Å²) in [6, 6.07) is 22.3. The zero-order chi connectivity index (χ0) is 27.8. The maximum Gasteiger partial charge on any atom is 0.226 e. The van der Waals surface area contributed by atoms with Gasteiger partial charge in [-0.3, -0.25) is 9.78 Å². The fourth-order valence-electron chi connectivity index (χ4n) is 5.25. The van der Waals surface area contributed by atoms with Gasteiger partial charge in [-0.25, -0.2) is 0 Å². The van der Waals surface area contributed by atoms with Crippen molar-refractivity contribution < 1.29 is 4.79 Å². The molecule has 1 saturated heterocycles. The van der Waals surface area contributed by atoms with Gasteiger partial charge in [0, 0.05) is 39.4 Å². The lowest BCUT2D eigenvalue weighted by molar-refractivity contribution is -0.118. The van der Waals surface area contributed by atoms with Crippen molar-refractivity contribution in [1.82, 2.24) is 14.9 Å². The minimum Gasteiger partial charge on any atom is -0.351 e. The number of benzene rings is 2. The van der Waals surface area contributed by atoms with E-state index in [0.717, 1.165) is 44.2 Å². The molecule has 6 nitrogen and oxygen atoms in total. The number of hydrogen-bond acceptors (Lipinski definition) is 3. The molecule has 200 valence electrons. The summed E-state index contributed by atoms with van der Waals surface area (Å²) < 4.78 is 3.32. The van der Waals surface area contributed by atoms with Crippen LogP contribution in [-0.4, -0.2) is 20.6 Å². The topological polar surface area (TPSA) is 62.2 Å². The summed E-state index contributed by atoms with van der Waals surface area (Å²) in [5.74, 6) is -0.0975. The number of aryl methyl sites for hydroxylation is 2. The van der Waals surface area contributed by atoms with Crippen LogP contribution in [0.1, 0.15) is 54.1 Å². The van der Waals surface area contributed by atoms with Gasteiger partial charge in [-0.1, -0.05) is 32.0 Å². The van der Waals surface area contributed by atoms with Crippen LogP contribution >= 0.6 is 28.1 Å². The van der Waals surface area contributed by atoms with Gasteiger partial charge in [0.2, 0.25) is 5.91 Å². The molecule has 4 aromatic rings. The van der Waals surface area contributed by atoms with E-state index in [2.05, 4.69) is 80.2 Å². The molecule has 1 aliphatic rings. The first kappa shape index (κ1) is 27.1. The standard InChI is InChI=1S/C31H32BrN5OS/c1-18(2)30(38)34-25-14-13-22(16-19(25)3)37-29(28(35-31(37)39)26-11-8-9-15-33-26)23-17-20(4)36(21(23)5)27-12-7-6-10-24(27)32/h6-18,28-29H,1-5H3,(H,34,38)(H,35,39).